The maximum absolute atomic E-state index is 12.4. The number of aliphatic carboxylic acids is 1. The summed E-state index contributed by atoms with van der Waals surface area (Å²) in [7, 11) is 0. The number of hydrogen-bond acceptors (Lipinski definition) is 5. The van der Waals surface area contributed by atoms with Gasteiger partial charge in [-0.2, -0.15) is 0 Å². The smallest absolute Gasteiger partial charge is 0.305 e. The number of rotatable bonds is 5. The quantitative estimate of drug-likeness (QED) is 0.869. The van der Waals surface area contributed by atoms with E-state index in [4.69, 9.17) is 9.84 Å². The van der Waals surface area contributed by atoms with Crippen LogP contribution in [0.3, 0.4) is 0 Å². The lowest BCUT2D eigenvalue weighted by Crippen LogP contribution is -2.47. The highest BCUT2D eigenvalue weighted by molar-refractivity contribution is 7.13. The minimum Gasteiger partial charge on any atom is -0.481 e. The standard InChI is InChI=1S/C15H20N2O4S/c18-12(19)8-15(5-1-2-6-15)17-13(20)11-9-16-14(22-11)10-4-3-7-21-10/h9-10H,1-8H2,(H,17,20)(H,18,19). The molecule has 2 aliphatic rings. The first-order valence-electron chi connectivity index (χ1n) is 7.70. The van der Waals surface area contributed by atoms with Crippen LogP contribution in [0.2, 0.25) is 0 Å². The molecule has 120 valence electrons. The van der Waals surface area contributed by atoms with Gasteiger partial charge in [0.1, 0.15) is 16.0 Å². The van der Waals surface area contributed by atoms with Crippen molar-refractivity contribution in [3.63, 3.8) is 0 Å². The van der Waals surface area contributed by atoms with Crippen molar-refractivity contribution in [2.75, 3.05) is 6.61 Å². The van der Waals surface area contributed by atoms with E-state index in [1.165, 1.54) is 11.3 Å². The molecule has 0 aromatic carbocycles. The second kappa shape index (κ2) is 6.34. The molecular weight excluding hydrogens is 304 g/mol. The second-order valence-corrected chi connectivity index (χ2v) is 7.14. The Kier molecular flexibility index (Phi) is 4.44. The van der Waals surface area contributed by atoms with Crippen LogP contribution in [0, 0.1) is 0 Å². The Labute approximate surface area is 132 Å². The number of nitrogens with zero attached hydrogens (tertiary/aromatic N) is 1. The first-order valence-corrected chi connectivity index (χ1v) is 8.51. The van der Waals surface area contributed by atoms with Crippen LogP contribution in [0.25, 0.3) is 0 Å². The Morgan fingerprint density at radius 2 is 2.18 bits per heavy atom. The summed E-state index contributed by atoms with van der Waals surface area (Å²) < 4.78 is 5.58. The molecule has 1 saturated heterocycles. The maximum atomic E-state index is 12.4. The Morgan fingerprint density at radius 3 is 2.82 bits per heavy atom. The Morgan fingerprint density at radius 1 is 1.41 bits per heavy atom. The zero-order valence-corrected chi connectivity index (χ0v) is 13.2. The molecule has 1 saturated carbocycles. The molecule has 1 aliphatic heterocycles. The molecule has 1 atom stereocenters. The van der Waals surface area contributed by atoms with E-state index in [9.17, 15) is 9.59 Å². The average Bonchev–Trinajstić information content (AvgIpc) is 3.19. The summed E-state index contributed by atoms with van der Waals surface area (Å²) in [6.45, 7) is 0.744. The summed E-state index contributed by atoms with van der Waals surface area (Å²) in [5, 5.41) is 12.9. The van der Waals surface area contributed by atoms with Gasteiger partial charge in [0.25, 0.3) is 5.91 Å². The average molecular weight is 324 g/mol. The SMILES string of the molecule is O=C(O)CC1(NC(=O)c2cnc(C3CCCO3)s2)CCCC1. The van der Waals surface area contributed by atoms with E-state index in [1.54, 1.807) is 6.20 Å². The lowest BCUT2D eigenvalue weighted by atomic mass is 9.93. The highest BCUT2D eigenvalue weighted by atomic mass is 32.1. The minimum absolute atomic E-state index is 0.00557. The summed E-state index contributed by atoms with van der Waals surface area (Å²) in [4.78, 5) is 28.3. The zero-order valence-electron chi connectivity index (χ0n) is 12.3. The van der Waals surface area contributed by atoms with Gasteiger partial charge in [-0.1, -0.05) is 12.8 Å². The molecular formula is C15H20N2O4S. The third-order valence-electron chi connectivity index (χ3n) is 4.38. The van der Waals surface area contributed by atoms with E-state index in [2.05, 4.69) is 10.3 Å². The number of nitrogens with one attached hydrogen (secondary N) is 1. The van der Waals surface area contributed by atoms with Gasteiger partial charge in [0.2, 0.25) is 0 Å². The molecule has 1 aromatic heterocycles. The molecule has 2 N–H and O–H groups in total. The summed E-state index contributed by atoms with van der Waals surface area (Å²) in [6.07, 6.45) is 6.88. The lowest BCUT2D eigenvalue weighted by Gasteiger charge is -2.28. The van der Waals surface area contributed by atoms with Crippen molar-refractivity contribution in [2.45, 2.75) is 56.6 Å². The number of carboxylic acids is 1. The van der Waals surface area contributed by atoms with E-state index in [0.29, 0.717) is 4.88 Å². The minimum atomic E-state index is -0.869. The van der Waals surface area contributed by atoms with Gasteiger partial charge in [0.05, 0.1) is 18.2 Å². The number of thiazole rings is 1. The van der Waals surface area contributed by atoms with Crippen LogP contribution in [0.15, 0.2) is 6.20 Å². The molecule has 1 aliphatic carbocycles. The highest BCUT2D eigenvalue weighted by Crippen LogP contribution is 2.34. The highest BCUT2D eigenvalue weighted by Gasteiger charge is 2.38. The molecule has 3 rings (SSSR count). The largest absolute Gasteiger partial charge is 0.481 e. The van der Waals surface area contributed by atoms with Crippen molar-refractivity contribution in [2.24, 2.45) is 0 Å². The van der Waals surface area contributed by atoms with Gasteiger partial charge in [0.15, 0.2) is 0 Å². The van der Waals surface area contributed by atoms with Crippen LogP contribution >= 0.6 is 11.3 Å². The van der Waals surface area contributed by atoms with Crippen LogP contribution in [-0.4, -0.2) is 34.1 Å². The number of carbonyl (C=O) groups excluding carboxylic acids is 1. The summed E-state index contributed by atoms with van der Waals surface area (Å²) >= 11 is 1.34. The molecule has 0 bridgehead atoms. The number of aromatic nitrogens is 1. The Balaban J connectivity index is 1.69. The summed E-state index contributed by atoms with van der Waals surface area (Å²) in [6, 6.07) is 0. The van der Waals surface area contributed by atoms with Crippen molar-refractivity contribution in [3.8, 4) is 0 Å². The van der Waals surface area contributed by atoms with Crippen molar-refractivity contribution >= 4 is 23.2 Å². The van der Waals surface area contributed by atoms with Crippen LogP contribution < -0.4 is 5.32 Å². The first-order chi connectivity index (χ1) is 10.6. The number of ether oxygens (including phenoxy) is 1. The molecule has 0 radical (unpaired) electrons. The fraction of sp³-hybridized carbons (Fsp3) is 0.667. The fourth-order valence-corrected chi connectivity index (χ4v) is 4.20. The van der Waals surface area contributed by atoms with Gasteiger partial charge in [-0.25, -0.2) is 4.98 Å². The van der Waals surface area contributed by atoms with E-state index >= 15 is 0 Å². The predicted molar refractivity (Wildman–Crippen MR) is 81.0 cm³/mol. The molecule has 1 amide bonds. The van der Waals surface area contributed by atoms with Crippen LogP contribution in [0.4, 0.5) is 0 Å². The third-order valence-corrected chi connectivity index (χ3v) is 5.47. The fourth-order valence-electron chi connectivity index (χ4n) is 3.30. The number of amides is 1. The molecule has 22 heavy (non-hydrogen) atoms. The van der Waals surface area contributed by atoms with E-state index in [-0.39, 0.29) is 18.4 Å². The first kappa shape index (κ1) is 15.4. The van der Waals surface area contributed by atoms with Crippen LogP contribution in [0.1, 0.15) is 65.7 Å². The van der Waals surface area contributed by atoms with Crippen LogP contribution in [-0.2, 0) is 9.53 Å². The molecule has 2 heterocycles. The Bertz CT molecular complexity index is 560. The van der Waals surface area contributed by atoms with Crippen molar-refractivity contribution in [1.82, 2.24) is 10.3 Å². The van der Waals surface area contributed by atoms with Gasteiger partial charge < -0.3 is 15.2 Å². The molecule has 0 spiro atoms. The third kappa shape index (κ3) is 3.30. The maximum Gasteiger partial charge on any atom is 0.305 e. The van der Waals surface area contributed by atoms with Gasteiger partial charge in [-0.3, -0.25) is 9.59 Å². The van der Waals surface area contributed by atoms with Crippen molar-refractivity contribution in [1.29, 1.82) is 0 Å². The van der Waals surface area contributed by atoms with E-state index in [0.717, 1.165) is 50.1 Å². The lowest BCUT2D eigenvalue weighted by molar-refractivity contribution is -0.138. The zero-order chi connectivity index (χ0) is 15.6. The van der Waals surface area contributed by atoms with Gasteiger partial charge >= 0.3 is 5.97 Å². The Hall–Kier alpha value is -1.47. The molecule has 2 fully saturated rings. The topological polar surface area (TPSA) is 88.5 Å². The monoisotopic (exact) mass is 324 g/mol. The van der Waals surface area contributed by atoms with E-state index < -0.39 is 11.5 Å². The predicted octanol–water partition coefficient (Wildman–Crippen LogP) is 2.51. The summed E-state index contributed by atoms with van der Waals surface area (Å²) in [5.74, 6) is -1.09. The van der Waals surface area contributed by atoms with Gasteiger partial charge in [0, 0.05) is 6.61 Å². The molecule has 6 nitrogen and oxygen atoms in total. The number of carboxylic acid groups (broad SMARTS) is 1. The number of hydrogen-bond donors (Lipinski definition) is 2. The summed E-state index contributed by atoms with van der Waals surface area (Å²) in [5.41, 5.74) is -0.600. The molecule has 7 heteroatoms. The van der Waals surface area contributed by atoms with Crippen molar-refractivity contribution in [3.05, 3.63) is 16.1 Å². The van der Waals surface area contributed by atoms with E-state index in [1.807, 2.05) is 0 Å². The van der Waals surface area contributed by atoms with Gasteiger partial charge in [-0.15, -0.1) is 11.3 Å². The normalized spacial score (nSPS) is 23.5. The van der Waals surface area contributed by atoms with Gasteiger partial charge in [-0.05, 0) is 25.7 Å². The van der Waals surface area contributed by atoms with Crippen molar-refractivity contribution < 1.29 is 19.4 Å². The molecule has 1 unspecified atom stereocenters. The number of carbonyl (C=O) groups is 2. The molecule has 1 aromatic rings. The van der Waals surface area contributed by atoms with Crippen LogP contribution in [0.5, 0.6) is 0 Å². The second-order valence-electron chi connectivity index (χ2n) is 6.08.